The van der Waals surface area contributed by atoms with Crippen LogP contribution < -0.4 is 5.32 Å². The first-order chi connectivity index (χ1) is 9.84. The average Bonchev–Trinajstić information content (AvgIpc) is 2.96. The summed E-state index contributed by atoms with van der Waals surface area (Å²) in [6.45, 7) is 0.935. The Kier molecular flexibility index (Phi) is 5.20. The summed E-state index contributed by atoms with van der Waals surface area (Å²) in [6, 6.07) is 1.71. The number of nitrogens with zero attached hydrogens (tertiary/aromatic N) is 3. The lowest BCUT2D eigenvalue weighted by molar-refractivity contribution is 0.466. The predicted octanol–water partition coefficient (Wildman–Crippen LogP) is 1.78. The topological polar surface area (TPSA) is 67.2 Å². The molecule has 116 valence electrons. The van der Waals surface area contributed by atoms with Gasteiger partial charge in [0.25, 0.3) is 0 Å². The average molecular weight is 393 g/mol. The maximum Gasteiger partial charge on any atom is 0.245 e. The van der Waals surface area contributed by atoms with Gasteiger partial charge in [0.05, 0.1) is 9.98 Å². The second-order valence-electron chi connectivity index (χ2n) is 4.66. The van der Waals surface area contributed by atoms with Crippen LogP contribution in [0.25, 0.3) is 0 Å². The van der Waals surface area contributed by atoms with Gasteiger partial charge in [0, 0.05) is 43.8 Å². The molecule has 2 heterocycles. The van der Waals surface area contributed by atoms with E-state index < -0.39 is 10.0 Å². The molecule has 0 spiro atoms. The van der Waals surface area contributed by atoms with Crippen LogP contribution in [0.3, 0.4) is 0 Å². The lowest BCUT2D eigenvalue weighted by Gasteiger charge is -2.15. The fourth-order valence-corrected chi connectivity index (χ4v) is 5.70. The Morgan fingerprint density at radius 1 is 1.52 bits per heavy atom. The fraction of sp³-hybridized carbons (Fsp3) is 0.417. The first kappa shape index (κ1) is 16.6. The summed E-state index contributed by atoms with van der Waals surface area (Å²) in [5.41, 5.74) is 0.852. The molecule has 21 heavy (non-hydrogen) atoms. The minimum Gasteiger partial charge on any atom is -0.315 e. The summed E-state index contributed by atoms with van der Waals surface area (Å²) in [6.07, 6.45) is 3.47. The van der Waals surface area contributed by atoms with Gasteiger partial charge in [-0.05, 0) is 29.0 Å². The number of nitrogens with one attached hydrogen (secondary N) is 1. The minimum atomic E-state index is -3.52. The monoisotopic (exact) mass is 392 g/mol. The van der Waals surface area contributed by atoms with Gasteiger partial charge >= 0.3 is 0 Å². The molecule has 2 aromatic rings. The Balaban J connectivity index is 2.24. The normalized spacial score (nSPS) is 12.2. The highest BCUT2D eigenvalue weighted by Gasteiger charge is 2.26. The van der Waals surface area contributed by atoms with E-state index in [0.29, 0.717) is 21.8 Å². The quantitative estimate of drug-likeness (QED) is 0.813. The molecule has 0 aliphatic carbocycles. The van der Waals surface area contributed by atoms with Crippen molar-refractivity contribution in [3.05, 3.63) is 32.7 Å². The van der Waals surface area contributed by atoms with Crippen LogP contribution in [0, 0.1) is 0 Å². The molecule has 0 saturated heterocycles. The molecular weight excluding hydrogens is 376 g/mol. The maximum absolute atomic E-state index is 12.6. The van der Waals surface area contributed by atoms with Gasteiger partial charge in [-0.1, -0.05) is 0 Å². The Bertz CT molecular complexity index is 723. The van der Waals surface area contributed by atoms with Gasteiger partial charge in [-0.15, -0.1) is 11.3 Å². The fourth-order valence-electron chi connectivity index (χ4n) is 1.90. The van der Waals surface area contributed by atoms with Crippen LogP contribution in [-0.2, 0) is 30.2 Å². The Morgan fingerprint density at radius 2 is 2.24 bits per heavy atom. The molecule has 0 aromatic carbocycles. The van der Waals surface area contributed by atoms with Crippen LogP contribution in [0.2, 0.25) is 0 Å². The van der Waals surface area contributed by atoms with Gasteiger partial charge in [0.15, 0.2) is 0 Å². The van der Waals surface area contributed by atoms with E-state index >= 15 is 0 Å². The zero-order valence-corrected chi connectivity index (χ0v) is 15.2. The molecular formula is C12H17BrN4O2S2. The third kappa shape index (κ3) is 3.72. The number of sulfonamides is 1. The lowest BCUT2D eigenvalue weighted by atomic mass is 10.4. The van der Waals surface area contributed by atoms with Crippen molar-refractivity contribution in [3.8, 4) is 0 Å². The highest BCUT2D eigenvalue weighted by Crippen LogP contribution is 2.33. The molecule has 0 saturated carbocycles. The van der Waals surface area contributed by atoms with E-state index in [4.69, 9.17) is 0 Å². The van der Waals surface area contributed by atoms with Gasteiger partial charge in [-0.25, -0.2) is 8.42 Å². The summed E-state index contributed by atoms with van der Waals surface area (Å²) in [5.74, 6) is 0. The summed E-state index contributed by atoms with van der Waals surface area (Å²) in [4.78, 5) is 1.28. The molecule has 0 radical (unpaired) electrons. The third-order valence-corrected chi connectivity index (χ3v) is 6.96. The maximum atomic E-state index is 12.6. The molecule has 0 amide bonds. The van der Waals surface area contributed by atoms with Crippen LogP contribution in [0.4, 0.5) is 0 Å². The summed E-state index contributed by atoms with van der Waals surface area (Å²) >= 11 is 4.77. The molecule has 0 aliphatic heterocycles. The molecule has 6 nitrogen and oxygen atoms in total. The number of hydrogen-bond acceptors (Lipinski definition) is 5. The molecule has 9 heteroatoms. The van der Waals surface area contributed by atoms with Gasteiger partial charge in [-0.3, -0.25) is 4.68 Å². The SMILES string of the molecule is CNCc1cc(S(=O)(=O)N(C)Cc2cnn(C)c2)c(Br)s1. The molecule has 0 bridgehead atoms. The van der Waals surface area contributed by atoms with Crippen LogP contribution in [-0.4, -0.2) is 36.6 Å². The number of hydrogen-bond donors (Lipinski definition) is 1. The van der Waals surface area contributed by atoms with Gasteiger partial charge in [-0.2, -0.15) is 9.40 Å². The van der Waals surface area contributed by atoms with Crippen molar-refractivity contribution in [1.82, 2.24) is 19.4 Å². The standard InChI is InChI=1S/C12H17BrN4O2S2/c1-14-6-10-4-11(12(13)20-10)21(18,19)17(3)8-9-5-15-16(2)7-9/h4-5,7,14H,6,8H2,1-3H3. The third-order valence-electron chi connectivity index (χ3n) is 2.91. The van der Waals surface area contributed by atoms with Crippen molar-refractivity contribution in [2.75, 3.05) is 14.1 Å². The number of rotatable bonds is 6. The number of aryl methyl sites for hydroxylation is 1. The highest BCUT2D eigenvalue weighted by molar-refractivity contribution is 9.11. The van der Waals surface area contributed by atoms with Crippen molar-refractivity contribution < 1.29 is 8.42 Å². The van der Waals surface area contributed by atoms with Crippen molar-refractivity contribution in [1.29, 1.82) is 0 Å². The molecule has 0 atom stereocenters. The van der Waals surface area contributed by atoms with E-state index in [-0.39, 0.29) is 0 Å². The second kappa shape index (κ2) is 6.57. The molecule has 0 unspecified atom stereocenters. The Hall–Kier alpha value is -0.740. The molecule has 2 rings (SSSR count). The highest BCUT2D eigenvalue weighted by atomic mass is 79.9. The van der Waals surface area contributed by atoms with Crippen molar-refractivity contribution in [2.45, 2.75) is 18.0 Å². The van der Waals surface area contributed by atoms with E-state index in [9.17, 15) is 8.42 Å². The van der Waals surface area contributed by atoms with Crippen molar-refractivity contribution in [2.24, 2.45) is 7.05 Å². The van der Waals surface area contributed by atoms with Crippen molar-refractivity contribution >= 4 is 37.3 Å². The molecule has 0 aliphatic rings. The number of halogens is 1. The van der Waals surface area contributed by atoms with Crippen LogP contribution in [0.15, 0.2) is 27.1 Å². The van der Waals surface area contributed by atoms with Gasteiger partial charge in [0.1, 0.15) is 4.90 Å². The smallest absolute Gasteiger partial charge is 0.245 e. The summed E-state index contributed by atoms with van der Waals surface area (Å²) < 4.78 is 28.9. The zero-order valence-electron chi connectivity index (χ0n) is 12.0. The summed E-state index contributed by atoms with van der Waals surface area (Å²) in [5, 5.41) is 7.07. The number of aromatic nitrogens is 2. The van der Waals surface area contributed by atoms with E-state index in [2.05, 4.69) is 26.3 Å². The Morgan fingerprint density at radius 3 is 2.81 bits per heavy atom. The molecule has 2 aromatic heterocycles. The van der Waals surface area contributed by atoms with E-state index in [1.54, 1.807) is 37.2 Å². The van der Waals surface area contributed by atoms with Crippen molar-refractivity contribution in [3.63, 3.8) is 0 Å². The van der Waals surface area contributed by atoms with Crippen LogP contribution >= 0.6 is 27.3 Å². The van der Waals surface area contributed by atoms with E-state index in [0.717, 1.165) is 10.4 Å². The second-order valence-corrected chi connectivity index (χ2v) is 9.13. The van der Waals surface area contributed by atoms with Crippen LogP contribution in [0.5, 0.6) is 0 Å². The van der Waals surface area contributed by atoms with E-state index in [1.165, 1.54) is 15.6 Å². The van der Waals surface area contributed by atoms with E-state index in [1.807, 2.05) is 7.05 Å². The predicted molar refractivity (Wildman–Crippen MR) is 86.6 cm³/mol. The summed E-state index contributed by atoms with van der Waals surface area (Å²) in [7, 11) is 1.68. The van der Waals surface area contributed by atoms with Gasteiger partial charge < -0.3 is 5.32 Å². The Labute approximate surface area is 136 Å². The van der Waals surface area contributed by atoms with Gasteiger partial charge in [0.2, 0.25) is 10.0 Å². The first-order valence-electron chi connectivity index (χ1n) is 6.21. The molecule has 0 fully saturated rings. The minimum absolute atomic E-state index is 0.291. The molecule has 1 N–H and O–H groups in total. The number of thiophene rings is 1. The lowest BCUT2D eigenvalue weighted by Crippen LogP contribution is -2.26. The largest absolute Gasteiger partial charge is 0.315 e. The zero-order chi connectivity index (χ0) is 15.6. The van der Waals surface area contributed by atoms with Crippen LogP contribution in [0.1, 0.15) is 10.4 Å². The first-order valence-corrected chi connectivity index (χ1v) is 9.26.